The first-order valence-electron chi connectivity index (χ1n) is 9.74. The number of amides is 1. The van der Waals surface area contributed by atoms with Crippen LogP contribution in [0.2, 0.25) is 0 Å². The van der Waals surface area contributed by atoms with Crippen molar-refractivity contribution in [2.75, 3.05) is 49.2 Å². The molecular weight excluding hydrogens is 447 g/mol. The number of anilines is 2. The molecule has 0 unspecified atom stereocenters. The molecule has 1 fully saturated rings. The van der Waals surface area contributed by atoms with Gasteiger partial charge in [-0.25, -0.2) is 0 Å². The lowest BCUT2D eigenvalue weighted by molar-refractivity contribution is -0.137. The number of hydrogen-bond acceptors (Lipinski definition) is 8. The fraction of sp³-hybridized carbons (Fsp3) is 0.350. The zero-order chi connectivity index (χ0) is 22.7. The Hall–Kier alpha value is -2.99. The fourth-order valence-electron chi connectivity index (χ4n) is 3.22. The van der Waals surface area contributed by atoms with E-state index in [9.17, 15) is 18.0 Å². The van der Waals surface area contributed by atoms with E-state index in [2.05, 4.69) is 20.4 Å². The van der Waals surface area contributed by atoms with Crippen LogP contribution in [0.4, 0.5) is 24.5 Å². The average Bonchev–Trinajstić information content (AvgIpc) is 3.44. The van der Waals surface area contributed by atoms with E-state index in [1.54, 1.807) is 12.1 Å². The lowest BCUT2D eigenvalue weighted by atomic mass is 10.1. The summed E-state index contributed by atoms with van der Waals surface area (Å²) in [7, 11) is 1.98. The largest absolute Gasteiger partial charge is 0.459 e. The molecule has 3 heterocycles. The maximum Gasteiger partial charge on any atom is 0.416 e. The highest BCUT2D eigenvalue weighted by atomic mass is 32.2. The first kappa shape index (κ1) is 22.2. The third-order valence-electron chi connectivity index (χ3n) is 4.91. The van der Waals surface area contributed by atoms with Crippen molar-refractivity contribution >= 4 is 29.0 Å². The molecule has 32 heavy (non-hydrogen) atoms. The second kappa shape index (κ2) is 9.25. The number of thioether (sulfide) groups is 1. The Bertz CT molecular complexity index is 1060. The SMILES string of the molecule is CN1CCN(c2ccc(C(F)(F)F)cc2NC(=O)CSc2nnc(-c3ccco3)o2)CC1. The lowest BCUT2D eigenvalue weighted by Gasteiger charge is -2.35. The van der Waals surface area contributed by atoms with Gasteiger partial charge in [0.1, 0.15) is 0 Å². The maximum absolute atomic E-state index is 13.2. The molecule has 0 saturated carbocycles. The Morgan fingerprint density at radius 1 is 1.19 bits per heavy atom. The van der Waals surface area contributed by atoms with Gasteiger partial charge in [0.25, 0.3) is 11.1 Å². The van der Waals surface area contributed by atoms with Crippen LogP contribution in [0.15, 0.2) is 50.7 Å². The van der Waals surface area contributed by atoms with Gasteiger partial charge in [0.15, 0.2) is 5.76 Å². The first-order chi connectivity index (χ1) is 15.3. The molecule has 3 aromatic rings. The monoisotopic (exact) mass is 467 g/mol. The highest BCUT2D eigenvalue weighted by Gasteiger charge is 2.32. The number of hydrogen-bond donors (Lipinski definition) is 1. The van der Waals surface area contributed by atoms with Gasteiger partial charge in [-0.1, -0.05) is 11.8 Å². The molecule has 1 aliphatic heterocycles. The minimum Gasteiger partial charge on any atom is -0.459 e. The Kier molecular flexibility index (Phi) is 6.42. The van der Waals surface area contributed by atoms with Gasteiger partial charge in [0, 0.05) is 26.2 Å². The molecule has 1 amide bonds. The number of benzene rings is 1. The lowest BCUT2D eigenvalue weighted by Crippen LogP contribution is -2.44. The number of piperazine rings is 1. The molecular formula is C20H20F3N5O3S. The topological polar surface area (TPSA) is 87.6 Å². The molecule has 4 rings (SSSR count). The summed E-state index contributed by atoms with van der Waals surface area (Å²) in [5.41, 5.74) is -0.141. The van der Waals surface area contributed by atoms with E-state index in [0.29, 0.717) is 24.5 Å². The van der Waals surface area contributed by atoms with Crippen LogP contribution in [0.1, 0.15) is 5.56 Å². The first-order valence-corrected chi connectivity index (χ1v) is 10.7. The van der Waals surface area contributed by atoms with Crippen LogP contribution in [0.25, 0.3) is 11.7 Å². The fourth-order valence-corrected chi connectivity index (χ4v) is 3.78. The summed E-state index contributed by atoms with van der Waals surface area (Å²) in [5.74, 6) is -0.0248. The van der Waals surface area contributed by atoms with Crippen LogP contribution in [0, 0.1) is 0 Å². The summed E-state index contributed by atoms with van der Waals surface area (Å²) in [4.78, 5) is 16.6. The van der Waals surface area contributed by atoms with E-state index in [1.165, 1.54) is 12.3 Å². The summed E-state index contributed by atoms with van der Waals surface area (Å²) in [6.07, 6.45) is -3.05. The molecule has 1 N–H and O–H groups in total. The summed E-state index contributed by atoms with van der Waals surface area (Å²) in [6.45, 7) is 2.85. The molecule has 8 nitrogen and oxygen atoms in total. The molecule has 0 spiro atoms. The predicted molar refractivity (Wildman–Crippen MR) is 113 cm³/mol. The van der Waals surface area contributed by atoms with Crippen molar-refractivity contribution in [3.05, 3.63) is 42.2 Å². The number of nitrogens with one attached hydrogen (secondary N) is 1. The van der Waals surface area contributed by atoms with Gasteiger partial charge in [-0.2, -0.15) is 13.2 Å². The van der Waals surface area contributed by atoms with E-state index in [-0.39, 0.29) is 22.6 Å². The van der Waals surface area contributed by atoms with Gasteiger partial charge in [-0.05, 0) is 37.4 Å². The number of carbonyl (C=O) groups is 1. The van der Waals surface area contributed by atoms with Crippen LogP contribution in [-0.2, 0) is 11.0 Å². The van der Waals surface area contributed by atoms with E-state index in [1.807, 2.05) is 11.9 Å². The van der Waals surface area contributed by atoms with Gasteiger partial charge in [-0.3, -0.25) is 4.79 Å². The zero-order valence-corrected chi connectivity index (χ0v) is 17.9. The third kappa shape index (κ3) is 5.25. The second-order valence-corrected chi connectivity index (χ2v) is 8.13. The van der Waals surface area contributed by atoms with Crippen molar-refractivity contribution in [1.29, 1.82) is 0 Å². The van der Waals surface area contributed by atoms with Crippen molar-refractivity contribution in [2.45, 2.75) is 11.4 Å². The molecule has 0 atom stereocenters. The smallest absolute Gasteiger partial charge is 0.416 e. The van der Waals surface area contributed by atoms with Gasteiger partial charge in [0.05, 0.1) is 29.0 Å². The molecule has 1 saturated heterocycles. The van der Waals surface area contributed by atoms with Crippen LogP contribution < -0.4 is 10.2 Å². The molecule has 0 bridgehead atoms. The molecule has 0 aliphatic carbocycles. The Labute approximate surface area is 185 Å². The zero-order valence-electron chi connectivity index (χ0n) is 17.1. The molecule has 1 aromatic carbocycles. The number of carbonyl (C=O) groups excluding carboxylic acids is 1. The summed E-state index contributed by atoms with van der Waals surface area (Å²) >= 11 is 0.981. The molecule has 2 aromatic heterocycles. The van der Waals surface area contributed by atoms with Crippen molar-refractivity contribution in [3.8, 4) is 11.7 Å². The van der Waals surface area contributed by atoms with Gasteiger partial charge < -0.3 is 24.0 Å². The maximum atomic E-state index is 13.2. The highest BCUT2D eigenvalue weighted by Crippen LogP contribution is 2.36. The van der Waals surface area contributed by atoms with Gasteiger partial charge in [0.2, 0.25) is 5.91 Å². The van der Waals surface area contributed by atoms with Crippen molar-refractivity contribution in [2.24, 2.45) is 0 Å². The van der Waals surface area contributed by atoms with E-state index < -0.39 is 17.6 Å². The average molecular weight is 467 g/mol. The van der Waals surface area contributed by atoms with Gasteiger partial charge in [-0.15, -0.1) is 10.2 Å². The van der Waals surface area contributed by atoms with Crippen LogP contribution >= 0.6 is 11.8 Å². The minimum atomic E-state index is -4.51. The van der Waals surface area contributed by atoms with E-state index in [4.69, 9.17) is 8.83 Å². The quantitative estimate of drug-likeness (QED) is 0.548. The second-order valence-electron chi connectivity index (χ2n) is 7.21. The number of alkyl halides is 3. The Morgan fingerprint density at radius 2 is 1.97 bits per heavy atom. The highest BCUT2D eigenvalue weighted by molar-refractivity contribution is 7.99. The normalized spacial score (nSPS) is 15.2. The number of furan rings is 1. The molecule has 1 aliphatic rings. The molecule has 170 valence electrons. The number of likely N-dealkylation sites (N-methyl/N-ethyl adjacent to an activating group) is 1. The van der Waals surface area contributed by atoms with Gasteiger partial charge >= 0.3 is 6.18 Å². The third-order valence-corrected chi connectivity index (χ3v) is 5.73. The van der Waals surface area contributed by atoms with Crippen molar-refractivity contribution in [1.82, 2.24) is 15.1 Å². The number of rotatable bonds is 6. The summed E-state index contributed by atoms with van der Waals surface area (Å²) in [5, 5.41) is 10.4. The van der Waals surface area contributed by atoms with Crippen LogP contribution in [0.5, 0.6) is 0 Å². The Morgan fingerprint density at radius 3 is 2.66 bits per heavy atom. The molecule has 0 radical (unpaired) electrons. The standard InChI is InChI=1S/C20H20F3N5O3S/c1-27-6-8-28(9-7-27)15-5-4-13(20(21,22)23)11-14(15)24-17(29)12-32-19-26-25-18(31-19)16-3-2-10-30-16/h2-5,10-11H,6-9,12H2,1H3,(H,24,29). The molecule has 12 heteroatoms. The van der Waals surface area contributed by atoms with E-state index >= 15 is 0 Å². The van der Waals surface area contributed by atoms with Crippen molar-refractivity contribution in [3.63, 3.8) is 0 Å². The summed E-state index contributed by atoms with van der Waals surface area (Å²) < 4.78 is 50.3. The van der Waals surface area contributed by atoms with Crippen LogP contribution in [0.3, 0.4) is 0 Å². The van der Waals surface area contributed by atoms with E-state index in [0.717, 1.165) is 37.0 Å². The van der Waals surface area contributed by atoms with Crippen molar-refractivity contribution < 1.29 is 26.8 Å². The van der Waals surface area contributed by atoms with Crippen LogP contribution in [-0.4, -0.2) is 60.0 Å². The number of aromatic nitrogens is 2. The predicted octanol–water partition coefficient (Wildman–Crippen LogP) is 3.83. The Balaban J connectivity index is 1.46. The number of halogens is 3. The minimum absolute atomic E-state index is 0.113. The summed E-state index contributed by atoms with van der Waals surface area (Å²) in [6, 6.07) is 6.74. The number of nitrogens with zero attached hydrogens (tertiary/aromatic N) is 4.